The number of fused-ring (bicyclic) bond motifs is 4. The van der Waals surface area contributed by atoms with Crippen LogP contribution in [-0.4, -0.2) is 10.9 Å². The quantitative estimate of drug-likeness (QED) is 0.785. The minimum atomic E-state index is -2.65. The first-order valence-electron chi connectivity index (χ1n) is 6.61. The molecular formula is C16H13F2NO. The van der Waals surface area contributed by atoms with Crippen LogP contribution in [0.5, 0.6) is 5.75 Å². The molecule has 0 radical (unpaired) electrons. The molecule has 1 saturated carbocycles. The predicted molar refractivity (Wildman–Crippen MR) is 70.9 cm³/mol. The second kappa shape index (κ2) is 3.57. The molecule has 4 rings (SSSR count). The number of benzene rings is 1. The van der Waals surface area contributed by atoms with E-state index in [9.17, 15) is 8.78 Å². The Labute approximate surface area is 115 Å². The van der Waals surface area contributed by atoms with Crippen LogP contribution in [0.25, 0.3) is 11.3 Å². The van der Waals surface area contributed by atoms with Crippen molar-refractivity contribution in [2.75, 3.05) is 0 Å². The number of hydrogen-bond donors (Lipinski definition) is 0. The SMILES string of the molecule is CC1(c2ccc3c(n2)-c2cccc(c2)CO3)CC1(F)F. The van der Waals surface area contributed by atoms with Gasteiger partial charge < -0.3 is 4.74 Å². The van der Waals surface area contributed by atoms with Gasteiger partial charge in [0, 0.05) is 12.0 Å². The van der Waals surface area contributed by atoms with Gasteiger partial charge in [-0.25, -0.2) is 13.8 Å². The number of alkyl halides is 2. The first-order chi connectivity index (χ1) is 9.49. The number of aromatic nitrogens is 1. The van der Waals surface area contributed by atoms with E-state index in [4.69, 9.17) is 4.74 Å². The van der Waals surface area contributed by atoms with Crippen molar-refractivity contribution in [3.8, 4) is 17.0 Å². The highest BCUT2D eigenvalue weighted by Gasteiger charge is 2.69. The van der Waals surface area contributed by atoms with E-state index in [1.54, 1.807) is 19.1 Å². The summed E-state index contributed by atoms with van der Waals surface area (Å²) in [6.07, 6.45) is -0.132. The summed E-state index contributed by atoms with van der Waals surface area (Å²) in [6, 6.07) is 11.3. The van der Waals surface area contributed by atoms with Crippen molar-refractivity contribution in [1.82, 2.24) is 4.98 Å². The summed E-state index contributed by atoms with van der Waals surface area (Å²) < 4.78 is 32.7. The fourth-order valence-electron chi connectivity index (χ4n) is 2.72. The molecule has 4 heteroatoms. The Morgan fingerprint density at radius 3 is 2.75 bits per heavy atom. The Bertz CT molecular complexity index is 713. The van der Waals surface area contributed by atoms with Crippen molar-refractivity contribution in [3.05, 3.63) is 47.7 Å². The molecule has 0 amide bonds. The Balaban J connectivity index is 1.86. The molecule has 2 aromatic rings. The summed E-state index contributed by atoms with van der Waals surface area (Å²) in [7, 11) is 0. The number of nitrogens with zero attached hydrogens (tertiary/aromatic N) is 1. The molecule has 1 aliphatic heterocycles. The van der Waals surface area contributed by atoms with Crippen LogP contribution in [0.15, 0.2) is 36.4 Å². The first kappa shape index (κ1) is 11.8. The number of hydrogen-bond acceptors (Lipinski definition) is 2. The average Bonchev–Trinajstić information content (AvgIpc) is 2.99. The summed E-state index contributed by atoms with van der Waals surface area (Å²) in [4.78, 5) is 4.47. The first-order valence-corrected chi connectivity index (χ1v) is 6.61. The molecule has 0 N–H and O–H groups in total. The number of halogens is 2. The van der Waals surface area contributed by atoms with E-state index >= 15 is 0 Å². The smallest absolute Gasteiger partial charge is 0.260 e. The molecule has 2 aliphatic rings. The van der Waals surface area contributed by atoms with Crippen molar-refractivity contribution in [1.29, 1.82) is 0 Å². The lowest BCUT2D eigenvalue weighted by atomic mass is 10.0. The van der Waals surface area contributed by atoms with Crippen LogP contribution in [0, 0.1) is 0 Å². The lowest BCUT2D eigenvalue weighted by Crippen LogP contribution is -2.14. The molecule has 2 bridgehead atoms. The van der Waals surface area contributed by atoms with Crippen molar-refractivity contribution < 1.29 is 13.5 Å². The topological polar surface area (TPSA) is 22.1 Å². The Morgan fingerprint density at radius 1 is 1.20 bits per heavy atom. The maximum Gasteiger partial charge on any atom is 0.260 e. The molecule has 1 fully saturated rings. The fraction of sp³-hybridized carbons (Fsp3) is 0.312. The molecule has 1 aromatic heterocycles. The van der Waals surface area contributed by atoms with Crippen LogP contribution < -0.4 is 4.74 Å². The Kier molecular flexibility index (Phi) is 2.11. The van der Waals surface area contributed by atoms with Gasteiger partial charge in [0.1, 0.15) is 18.1 Å². The van der Waals surface area contributed by atoms with Gasteiger partial charge in [-0.05, 0) is 30.7 Å². The zero-order valence-electron chi connectivity index (χ0n) is 11.0. The number of pyridine rings is 1. The summed E-state index contributed by atoms with van der Waals surface area (Å²) in [5, 5.41) is 0. The van der Waals surface area contributed by atoms with Gasteiger partial charge in [0.05, 0.1) is 11.1 Å². The third-order valence-electron chi connectivity index (χ3n) is 4.28. The zero-order chi connectivity index (χ0) is 14.0. The van der Waals surface area contributed by atoms with E-state index in [0.717, 1.165) is 11.1 Å². The highest BCUT2D eigenvalue weighted by molar-refractivity contribution is 5.68. The number of ether oxygens (including phenoxy) is 1. The molecule has 1 atom stereocenters. The van der Waals surface area contributed by atoms with Gasteiger partial charge >= 0.3 is 0 Å². The molecule has 2 nitrogen and oxygen atoms in total. The maximum atomic E-state index is 13.5. The summed E-state index contributed by atoms with van der Waals surface area (Å²) in [5.41, 5.74) is 1.95. The van der Waals surface area contributed by atoms with Gasteiger partial charge in [-0.2, -0.15) is 0 Å². The monoisotopic (exact) mass is 273 g/mol. The fourth-order valence-corrected chi connectivity index (χ4v) is 2.72. The van der Waals surface area contributed by atoms with Crippen molar-refractivity contribution >= 4 is 0 Å². The maximum absolute atomic E-state index is 13.5. The normalized spacial score (nSPS) is 25.4. The summed E-state index contributed by atoms with van der Waals surface area (Å²) in [6.45, 7) is 2.05. The van der Waals surface area contributed by atoms with E-state index in [-0.39, 0.29) is 6.42 Å². The minimum Gasteiger partial charge on any atom is -0.487 e. The lowest BCUT2D eigenvalue weighted by molar-refractivity contribution is 0.0910. The van der Waals surface area contributed by atoms with Crippen LogP contribution in [0.1, 0.15) is 24.6 Å². The molecular weight excluding hydrogens is 260 g/mol. The third kappa shape index (κ3) is 1.51. The van der Waals surface area contributed by atoms with Gasteiger partial charge in [0.15, 0.2) is 0 Å². The van der Waals surface area contributed by atoms with Crippen molar-refractivity contribution in [2.45, 2.75) is 31.3 Å². The van der Waals surface area contributed by atoms with Crippen molar-refractivity contribution in [3.63, 3.8) is 0 Å². The van der Waals surface area contributed by atoms with Gasteiger partial charge in [-0.3, -0.25) is 0 Å². The van der Waals surface area contributed by atoms with E-state index in [0.29, 0.717) is 23.7 Å². The minimum absolute atomic E-state index is 0.132. The highest BCUT2D eigenvalue weighted by atomic mass is 19.3. The van der Waals surface area contributed by atoms with E-state index < -0.39 is 11.3 Å². The molecule has 0 spiro atoms. The molecule has 1 aliphatic carbocycles. The molecule has 1 unspecified atom stereocenters. The van der Waals surface area contributed by atoms with Crippen LogP contribution in [0.4, 0.5) is 8.78 Å². The van der Waals surface area contributed by atoms with Gasteiger partial charge in [0.25, 0.3) is 5.92 Å². The summed E-state index contributed by atoms with van der Waals surface area (Å²) in [5.74, 6) is -2.00. The standard InChI is InChI=1S/C16H13F2NO/c1-15(9-16(15,17)18)13-6-5-12-14(19-13)11-4-2-3-10(7-11)8-20-12/h2-7H,8-9H2,1H3. The largest absolute Gasteiger partial charge is 0.487 e. The molecule has 20 heavy (non-hydrogen) atoms. The second-order valence-corrected chi connectivity index (χ2v) is 5.75. The molecule has 2 heterocycles. The predicted octanol–water partition coefficient (Wildman–Crippen LogP) is 3.94. The van der Waals surface area contributed by atoms with Crippen LogP contribution >= 0.6 is 0 Å². The Morgan fingerprint density at radius 2 is 2.00 bits per heavy atom. The van der Waals surface area contributed by atoms with Gasteiger partial charge in [-0.1, -0.05) is 18.2 Å². The van der Waals surface area contributed by atoms with Crippen LogP contribution in [-0.2, 0) is 12.0 Å². The van der Waals surface area contributed by atoms with Gasteiger partial charge in [-0.15, -0.1) is 0 Å². The Hall–Kier alpha value is -1.97. The summed E-state index contributed by atoms with van der Waals surface area (Å²) >= 11 is 0. The molecule has 102 valence electrons. The molecule has 1 aromatic carbocycles. The van der Waals surface area contributed by atoms with E-state index in [1.807, 2.05) is 24.3 Å². The lowest BCUT2D eigenvalue weighted by Gasteiger charge is -2.13. The average molecular weight is 273 g/mol. The van der Waals surface area contributed by atoms with Crippen molar-refractivity contribution in [2.24, 2.45) is 0 Å². The molecule has 0 saturated heterocycles. The van der Waals surface area contributed by atoms with E-state index in [2.05, 4.69) is 4.98 Å². The third-order valence-corrected chi connectivity index (χ3v) is 4.28. The van der Waals surface area contributed by atoms with Gasteiger partial charge in [0.2, 0.25) is 0 Å². The second-order valence-electron chi connectivity index (χ2n) is 5.75. The number of rotatable bonds is 1. The van der Waals surface area contributed by atoms with Crippen LogP contribution in [0.2, 0.25) is 0 Å². The van der Waals surface area contributed by atoms with E-state index in [1.165, 1.54) is 0 Å². The van der Waals surface area contributed by atoms with Crippen LogP contribution in [0.3, 0.4) is 0 Å². The zero-order valence-corrected chi connectivity index (χ0v) is 11.0. The highest BCUT2D eigenvalue weighted by Crippen LogP contribution is 2.61.